The molecule has 0 aliphatic carbocycles. The molecule has 10 heteroatoms. The molecular weight excluding hydrogens is 542 g/mol. The number of hydrogen-bond acceptors (Lipinski definition) is 9. The standard InChI is InChI=1S/C31H29N3O6S/c1-6-39-30(37)26-18(2)32-31-34(27(26)19-11-13-20(14-12-19)33(3)4)28(35)25(41-31)17-21-15-16-24(40-21)22-9-7-8-10-23(22)29(36)38-5/h7-17,27H,6H2,1-5H3/b25-17+/t27-/m0/s1. The molecule has 210 valence electrons. The van der Waals surface area contributed by atoms with Crippen molar-refractivity contribution in [1.29, 1.82) is 0 Å². The molecule has 2 aromatic heterocycles. The number of rotatable bonds is 7. The molecule has 9 nitrogen and oxygen atoms in total. The van der Waals surface area contributed by atoms with Gasteiger partial charge in [-0.15, -0.1) is 0 Å². The lowest BCUT2D eigenvalue weighted by molar-refractivity contribution is -0.139. The quantitative estimate of drug-likeness (QED) is 0.310. The van der Waals surface area contributed by atoms with Crippen LogP contribution in [0.4, 0.5) is 5.69 Å². The van der Waals surface area contributed by atoms with Gasteiger partial charge in [-0.25, -0.2) is 14.6 Å². The lowest BCUT2D eigenvalue weighted by Gasteiger charge is -2.25. The average molecular weight is 572 g/mol. The normalized spacial score (nSPS) is 14.9. The minimum absolute atomic E-state index is 0.201. The molecule has 2 aromatic carbocycles. The van der Waals surface area contributed by atoms with Gasteiger partial charge in [0, 0.05) is 31.4 Å². The lowest BCUT2D eigenvalue weighted by Crippen LogP contribution is -2.39. The number of allylic oxidation sites excluding steroid dienone is 1. The second kappa shape index (κ2) is 11.4. The van der Waals surface area contributed by atoms with Gasteiger partial charge >= 0.3 is 11.9 Å². The highest BCUT2D eigenvalue weighted by atomic mass is 32.1. The molecular formula is C31H29N3O6S. The van der Waals surface area contributed by atoms with Crippen LogP contribution in [-0.2, 0) is 14.3 Å². The molecule has 1 atom stereocenters. The molecule has 0 bridgehead atoms. The summed E-state index contributed by atoms with van der Waals surface area (Å²) in [4.78, 5) is 46.3. The summed E-state index contributed by atoms with van der Waals surface area (Å²) in [6.07, 6.45) is 1.64. The summed E-state index contributed by atoms with van der Waals surface area (Å²) in [5.41, 5.74) is 3.22. The van der Waals surface area contributed by atoms with E-state index in [0.717, 1.165) is 11.3 Å². The summed E-state index contributed by atoms with van der Waals surface area (Å²) < 4.78 is 18.2. The number of fused-ring (bicyclic) bond motifs is 1. The Bertz CT molecular complexity index is 1840. The number of aromatic nitrogens is 1. The number of nitrogens with zero attached hydrogens (tertiary/aromatic N) is 3. The summed E-state index contributed by atoms with van der Waals surface area (Å²) in [5.74, 6) is -0.0922. The van der Waals surface area contributed by atoms with Gasteiger partial charge in [-0.1, -0.05) is 41.7 Å². The number of anilines is 1. The van der Waals surface area contributed by atoms with E-state index in [0.29, 0.717) is 43.3 Å². The minimum atomic E-state index is -0.706. The van der Waals surface area contributed by atoms with Crippen molar-refractivity contribution in [3.63, 3.8) is 0 Å². The van der Waals surface area contributed by atoms with Gasteiger partial charge < -0.3 is 18.8 Å². The summed E-state index contributed by atoms with van der Waals surface area (Å²) in [6.45, 7) is 3.69. The Labute approximate surface area is 240 Å². The highest BCUT2D eigenvalue weighted by molar-refractivity contribution is 7.07. The van der Waals surface area contributed by atoms with E-state index in [1.165, 1.54) is 23.0 Å². The fraction of sp³-hybridized carbons (Fsp3) is 0.226. The Hall–Kier alpha value is -4.70. The molecule has 0 saturated carbocycles. The van der Waals surface area contributed by atoms with E-state index in [1.807, 2.05) is 43.3 Å². The number of furan rings is 1. The molecule has 0 saturated heterocycles. The fourth-order valence-corrected chi connectivity index (χ4v) is 5.78. The van der Waals surface area contributed by atoms with Crippen molar-refractivity contribution in [1.82, 2.24) is 4.57 Å². The molecule has 0 radical (unpaired) electrons. The summed E-state index contributed by atoms with van der Waals surface area (Å²) in [5, 5.41) is 0. The largest absolute Gasteiger partial charge is 0.465 e. The van der Waals surface area contributed by atoms with Crippen LogP contribution >= 0.6 is 11.3 Å². The van der Waals surface area contributed by atoms with E-state index in [-0.39, 0.29) is 12.2 Å². The molecule has 0 fully saturated rings. The van der Waals surface area contributed by atoms with Crippen molar-refractivity contribution >= 4 is 35.0 Å². The molecule has 0 spiro atoms. The smallest absolute Gasteiger partial charge is 0.338 e. The third-order valence-electron chi connectivity index (χ3n) is 6.74. The van der Waals surface area contributed by atoms with Crippen LogP contribution in [0.15, 0.2) is 86.1 Å². The zero-order valence-corrected chi connectivity index (χ0v) is 24.2. The monoisotopic (exact) mass is 571 g/mol. The van der Waals surface area contributed by atoms with Crippen LogP contribution < -0.4 is 19.8 Å². The van der Waals surface area contributed by atoms with Crippen LogP contribution in [0.1, 0.15) is 41.6 Å². The molecule has 1 aliphatic heterocycles. The van der Waals surface area contributed by atoms with Crippen molar-refractivity contribution in [3.8, 4) is 11.3 Å². The first kappa shape index (κ1) is 27.9. The topological polar surface area (TPSA) is 103 Å². The zero-order valence-electron chi connectivity index (χ0n) is 23.3. The molecule has 0 amide bonds. The van der Waals surface area contributed by atoms with Crippen LogP contribution in [0.25, 0.3) is 17.4 Å². The Morgan fingerprint density at radius 1 is 1.07 bits per heavy atom. The second-order valence-electron chi connectivity index (χ2n) is 9.53. The van der Waals surface area contributed by atoms with Gasteiger partial charge in [-0.05, 0) is 49.7 Å². The number of thiazole rings is 1. The molecule has 1 aliphatic rings. The number of benzene rings is 2. The van der Waals surface area contributed by atoms with Gasteiger partial charge in [0.05, 0.1) is 41.1 Å². The van der Waals surface area contributed by atoms with E-state index < -0.39 is 18.0 Å². The number of hydrogen-bond donors (Lipinski definition) is 0. The van der Waals surface area contributed by atoms with Crippen molar-refractivity contribution in [3.05, 3.63) is 109 Å². The van der Waals surface area contributed by atoms with Crippen LogP contribution in [0.2, 0.25) is 0 Å². The van der Waals surface area contributed by atoms with E-state index in [1.54, 1.807) is 56.3 Å². The Morgan fingerprint density at radius 2 is 1.80 bits per heavy atom. The molecule has 0 unspecified atom stereocenters. The van der Waals surface area contributed by atoms with Crippen LogP contribution in [-0.4, -0.2) is 44.3 Å². The maximum atomic E-state index is 13.9. The fourth-order valence-electron chi connectivity index (χ4n) is 4.75. The summed E-state index contributed by atoms with van der Waals surface area (Å²) >= 11 is 1.21. The second-order valence-corrected chi connectivity index (χ2v) is 10.5. The van der Waals surface area contributed by atoms with E-state index in [2.05, 4.69) is 4.99 Å². The average Bonchev–Trinajstić information content (AvgIpc) is 3.56. The first-order valence-electron chi connectivity index (χ1n) is 13.0. The van der Waals surface area contributed by atoms with Gasteiger partial charge in [-0.2, -0.15) is 0 Å². The van der Waals surface area contributed by atoms with E-state index in [4.69, 9.17) is 13.9 Å². The zero-order chi connectivity index (χ0) is 29.3. The van der Waals surface area contributed by atoms with Crippen molar-refractivity contribution < 1.29 is 23.5 Å². The Balaban J connectivity index is 1.62. The van der Waals surface area contributed by atoms with Crippen LogP contribution in [0.3, 0.4) is 0 Å². The highest BCUT2D eigenvalue weighted by Crippen LogP contribution is 2.32. The molecule has 3 heterocycles. The maximum absolute atomic E-state index is 13.9. The number of esters is 2. The third-order valence-corrected chi connectivity index (χ3v) is 7.72. The van der Waals surface area contributed by atoms with Crippen molar-refractivity contribution in [2.45, 2.75) is 19.9 Å². The van der Waals surface area contributed by atoms with E-state index in [9.17, 15) is 14.4 Å². The first-order chi connectivity index (χ1) is 19.7. The number of ether oxygens (including phenoxy) is 2. The van der Waals surface area contributed by atoms with E-state index >= 15 is 0 Å². The van der Waals surface area contributed by atoms with Gasteiger partial charge in [0.25, 0.3) is 5.56 Å². The molecule has 5 rings (SSSR count). The third kappa shape index (κ3) is 5.26. The van der Waals surface area contributed by atoms with Crippen molar-refractivity contribution in [2.24, 2.45) is 4.99 Å². The summed E-state index contributed by atoms with van der Waals surface area (Å²) in [6, 6.07) is 17.5. The van der Waals surface area contributed by atoms with Gasteiger partial charge in [0.1, 0.15) is 11.5 Å². The predicted octanol–water partition coefficient (Wildman–Crippen LogP) is 3.91. The number of methoxy groups -OCH3 is 1. The molecule has 0 N–H and O–H groups in total. The maximum Gasteiger partial charge on any atom is 0.338 e. The van der Waals surface area contributed by atoms with Crippen LogP contribution in [0.5, 0.6) is 0 Å². The Kier molecular flexibility index (Phi) is 7.76. The summed E-state index contributed by atoms with van der Waals surface area (Å²) in [7, 11) is 5.21. The SMILES string of the molecule is CCOC(=O)C1=C(C)N=c2s/c(=C/c3ccc(-c4ccccc4C(=O)OC)o3)c(=O)n2[C@H]1c1ccc(N(C)C)cc1. The number of carbonyl (C=O) groups is 2. The van der Waals surface area contributed by atoms with Gasteiger partial charge in [-0.3, -0.25) is 9.36 Å². The van der Waals surface area contributed by atoms with Gasteiger partial charge in [0.15, 0.2) is 4.80 Å². The molecule has 4 aromatic rings. The first-order valence-corrected chi connectivity index (χ1v) is 13.8. The predicted molar refractivity (Wildman–Crippen MR) is 157 cm³/mol. The van der Waals surface area contributed by atoms with Crippen molar-refractivity contribution in [2.75, 3.05) is 32.7 Å². The molecule has 41 heavy (non-hydrogen) atoms. The Morgan fingerprint density at radius 3 is 2.49 bits per heavy atom. The van der Waals surface area contributed by atoms with Crippen LogP contribution in [0, 0.1) is 0 Å². The number of carbonyl (C=O) groups excluding carboxylic acids is 2. The van der Waals surface area contributed by atoms with Gasteiger partial charge in [0.2, 0.25) is 0 Å². The minimum Gasteiger partial charge on any atom is -0.465 e. The highest BCUT2D eigenvalue weighted by Gasteiger charge is 2.33. The lowest BCUT2D eigenvalue weighted by atomic mass is 9.95.